The van der Waals surface area contributed by atoms with Crippen molar-refractivity contribution in [3.63, 3.8) is 0 Å². The molecule has 2 aromatic carbocycles. The van der Waals surface area contributed by atoms with Crippen molar-refractivity contribution in [1.29, 1.82) is 0 Å². The molecule has 6 rings (SSSR count). The lowest BCUT2D eigenvalue weighted by Gasteiger charge is -2.25. The molecule has 0 saturated carbocycles. The number of nitrogens with zero attached hydrogens (tertiary/aromatic N) is 4. The van der Waals surface area contributed by atoms with E-state index in [0.717, 1.165) is 33.4 Å². The van der Waals surface area contributed by atoms with Crippen LogP contribution in [-0.2, 0) is 0 Å². The van der Waals surface area contributed by atoms with Crippen LogP contribution in [0.25, 0.3) is 22.5 Å². The van der Waals surface area contributed by atoms with Gasteiger partial charge in [-0.25, -0.2) is 0 Å². The quantitative estimate of drug-likeness (QED) is 0.370. The summed E-state index contributed by atoms with van der Waals surface area (Å²) in [7, 11) is -2.62. The maximum atomic E-state index is 5.11. The lowest BCUT2D eigenvalue weighted by Crippen LogP contribution is -2.72. The molecule has 0 unspecified atom stereocenters. The molecule has 1 spiro atoms. The van der Waals surface area contributed by atoms with Crippen molar-refractivity contribution in [3.8, 4) is 22.5 Å². The summed E-state index contributed by atoms with van der Waals surface area (Å²) in [5, 5.41) is 4.93. The predicted octanol–water partition coefficient (Wildman–Crippen LogP) is 1.84. The zero-order chi connectivity index (χ0) is 19.9. The van der Waals surface area contributed by atoms with Gasteiger partial charge in [-0.15, -0.1) is 0 Å². The van der Waals surface area contributed by atoms with Gasteiger partial charge in [0.05, 0.1) is 22.0 Å². The third-order valence-electron chi connectivity index (χ3n) is 6.17. The van der Waals surface area contributed by atoms with Crippen molar-refractivity contribution < 1.29 is 0 Å². The summed E-state index contributed by atoms with van der Waals surface area (Å²) in [6, 6.07) is 13.6. The van der Waals surface area contributed by atoms with E-state index in [9.17, 15) is 0 Å². The van der Waals surface area contributed by atoms with Crippen molar-refractivity contribution in [3.05, 3.63) is 71.3 Å². The molecule has 29 heavy (non-hydrogen) atoms. The second kappa shape index (κ2) is 5.45. The highest BCUT2D eigenvalue weighted by molar-refractivity contribution is 7.23. The number of hydrogen-bond acceptors (Lipinski definition) is 4. The van der Waals surface area contributed by atoms with Crippen molar-refractivity contribution >= 4 is 29.1 Å². The Labute approximate surface area is 170 Å². The van der Waals surface area contributed by atoms with Gasteiger partial charge in [0.1, 0.15) is 11.4 Å². The van der Waals surface area contributed by atoms with Gasteiger partial charge in [0.2, 0.25) is 8.07 Å². The summed E-state index contributed by atoms with van der Waals surface area (Å²) < 4.78 is 0. The van der Waals surface area contributed by atoms with Crippen LogP contribution in [0.2, 0.25) is 0 Å². The fourth-order valence-corrected chi connectivity index (χ4v) is 10.4. The number of hydrogen-bond donors (Lipinski definition) is 0. The molecule has 0 saturated heterocycles. The van der Waals surface area contributed by atoms with E-state index in [1.807, 2.05) is 26.2 Å². The standard InChI is InChI=1S/C24H20N4Si/c1-13-5-7-17-18-8-6-14(2)10-20(18)29(19(17)9-13)23-21(25-11-15(3)27-23)22-24(29)28-16(4)12-26-22/h5-12H,1-4H3. The van der Waals surface area contributed by atoms with E-state index in [1.165, 1.54) is 32.6 Å². The minimum Gasteiger partial charge on any atom is -0.258 e. The topological polar surface area (TPSA) is 51.6 Å². The van der Waals surface area contributed by atoms with Crippen molar-refractivity contribution in [2.75, 3.05) is 0 Å². The van der Waals surface area contributed by atoms with Crippen LogP contribution >= 0.6 is 0 Å². The Hall–Kier alpha value is -3.18. The largest absolute Gasteiger partial charge is 0.258 e. The smallest absolute Gasteiger partial charge is 0.230 e. The number of fused-ring (bicyclic) bond motifs is 10. The summed E-state index contributed by atoms with van der Waals surface area (Å²) in [4.78, 5) is 19.8. The molecule has 4 aromatic rings. The highest BCUT2D eigenvalue weighted by Crippen LogP contribution is 2.34. The van der Waals surface area contributed by atoms with Gasteiger partial charge in [0, 0.05) is 12.4 Å². The van der Waals surface area contributed by atoms with E-state index < -0.39 is 8.07 Å². The first kappa shape index (κ1) is 16.7. The minimum atomic E-state index is -2.62. The molecular weight excluding hydrogens is 372 g/mol. The molecule has 2 aliphatic rings. The second-order valence-electron chi connectivity index (χ2n) is 8.27. The highest BCUT2D eigenvalue weighted by Gasteiger charge is 2.58. The fourth-order valence-electron chi connectivity index (χ4n) is 5.00. The Morgan fingerprint density at radius 2 is 1.07 bits per heavy atom. The van der Waals surface area contributed by atoms with Gasteiger partial charge in [-0.1, -0.05) is 47.5 Å². The summed E-state index contributed by atoms with van der Waals surface area (Å²) in [6.07, 6.45) is 3.70. The zero-order valence-corrected chi connectivity index (χ0v) is 17.9. The SMILES string of the molecule is Cc1ccc2c(c1)[Si]1(c3cc(C)ccc3-2)c2nc(C)cnc2-c2ncc(C)nc21. The Morgan fingerprint density at radius 3 is 1.52 bits per heavy atom. The number of benzene rings is 2. The Balaban J connectivity index is 1.88. The molecule has 0 N–H and O–H groups in total. The third kappa shape index (κ3) is 1.98. The molecular formula is C24H20N4Si. The summed E-state index contributed by atoms with van der Waals surface area (Å²) >= 11 is 0. The van der Waals surface area contributed by atoms with Gasteiger partial charge in [-0.2, -0.15) is 0 Å². The zero-order valence-electron chi connectivity index (χ0n) is 16.9. The second-order valence-corrected chi connectivity index (χ2v) is 11.8. The lowest BCUT2D eigenvalue weighted by molar-refractivity contribution is 1.12. The van der Waals surface area contributed by atoms with Crippen LogP contribution in [0.4, 0.5) is 0 Å². The average Bonchev–Trinajstić information content (AvgIpc) is 3.13. The molecule has 0 aliphatic carbocycles. The Morgan fingerprint density at radius 1 is 0.621 bits per heavy atom. The monoisotopic (exact) mass is 392 g/mol. The molecule has 0 fully saturated rings. The van der Waals surface area contributed by atoms with E-state index in [0.29, 0.717) is 0 Å². The number of aryl methyl sites for hydroxylation is 4. The Kier molecular flexibility index (Phi) is 3.15. The van der Waals surface area contributed by atoms with Crippen LogP contribution in [0, 0.1) is 27.7 Å². The first-order valence-corrected chi connectivity index (χ1v) is 11.9. The summed E-state index contributed by atoms with van der Waals surface area (Å²) in [5.41, 5.74) is 8.84. The molecule has 2 aliphatic heterocycles. The van der Waals surface area contributed by atoms with Crippen molar-refractivity contribution in [2.24, 2.45) is 0 Å². The molecule has 2 aromatic heterocycles. The van der Waals surface area contributed by atoms with Crippen LogP contribution in [0.15, 0.2) is 48.8 Å². The van der Waals surface area contributed by atoms with Crippen LogP contribution in [-0.4, -0.2) is 28.0 Å². The van der Waals surface area contributed by atoms with Crippen LogP contribution in [0.5, 0.6) is 0 Å². The molecule has 0 bridgehead atoms. The summed E-state index contributed by atoms with van der Waals surface area (Å²) in [6.45, 7) is 8.37. The van der Waals surface area contributed by atoms with E-state index in [4.69, 9.17) is 19.9 Å². The van der Waals surface area contributed by atoms with Gasteiger partial charge < -0.3 is 0 Å². The van der Waals surface area contributed by atoms with Crippen molar-refractivity contribution in [1.82, 2.24) is 19.9 Å². The molecule has 0 radical (unpaired) electrons. The minimum absolute atomic E-state index is 0.909. The first-order valence-electron chi connectivity index (χ1n) is 9.91. The average molecular weight is 393 g/mol. The lowest BCUT2D eigenvalue weighted by atomic mass is 10.0. The van der Waals surface area contributed by atoms with E-state index in [1.54, 1.807) is 0 Å². The number of aromatic nitrogens is 4. The van der Waals surface area contributed by atoms with Crippen LogP contribution in [0.1, 0.15) is 22.5 Å². The predicted molar refractivity (Wildman–Crippen MR) is 118 cm³/mol. The van der Waals surface area contributed by atoms with E-state index >= 15 is 0 Å². The Bertz CT molecular complexity index is 1150. The van der Waals surface area contributed by atoms with Crippen LogP contribution in [0.3, 0.4) is 0 Å². The maximum Gasteiger partial charge on any atom is 0.230 e. The molecule has 4 nitrogen and oxygen atoms in total. The molecule has 4 heterocycles. The molecule has 0 atom stereocenters. The van der Waals surface area contributed by atoms with Gasteiger partial charge in [-0.3, -0.25) is 19.9 Å². The molecule has 5 heteroatoms. The van der Waals surface area contributed by atoms with Gasteiger partial charge in [-0.05, 0) is 49.2 Å². The van der Waals surface area contributed by atoms with E-state index in [2.05, 4.69) is 50.2 Å². The highest BCUT2D eigenvalue weighted by atomic mass is 28.3. The van der Waals surface area contributed by atoms with Crippen LogP contribution < -0.4 is 21.0 Å². The molecule has 0 amide bonds. The van der Waals surface area contributed by atoms with Gasteiger partial charge >= 0.3 is 0 Å². The molecule has 140 valence electrons. The normalized spacial score (nSPS) is 14.5. The van der Waals surface area contributed by atoms with Gasteiger partial charge in [0.25, 0.3) is 0 Å². The first-order chi connectivity index (χ1) is 14.0. The summed E-state index contributed by atoms with van der Waals surface area (Å²) in [5.74, 6) is 0. The maximum absolute atomic E-state index is 5.11. The van der Waals surface area contributed by atoms with Crippen molar-refractivity contribution in [2.45, 2.75) is 27.7 Å². The fraction of sp³-hybridized carbons (Fsp3) is 0.167. The van der Waals surface area contributed by atoms with Gasteiger partial charge in [0.15, 0.2) is 0 Å². The third-order valence-corrected chi connectivity index (χ3v) is 10.7. The van der Waals surface area contributed by atoms with E-state index in [-0.39, 0.29) is 0 Å². The number of rotatable bonds is 0.